The van der Waals surface area contributed by atoms with E-state index in [0.717, 1.165) is 0 Å². The lowest BCUT2D eigenvalue weighted by molar-refractivity contribution is 0.176. The number of nitrogens with zero attached hydrogens (tertiary/aromatic N) is 1. The highest BCUT2D eigenvalue weighted by Gasteiger charge is 1.83. The Bertz CT molecular complexity index is 203. The van der Waals surface area contributed by atoms with E-state index < -0.39 is 5.69 Å². The van der Waals surface area contributed by atoms with Gasteiger partial charge in [0.2, 0.25) is 0 Å². The number of hydrogen-bond acceptors (Lipinski definition) is 2. The first-order valence-corrected chi connectivity index (χ1v) is 1.76. The SMILES string of the molecule is Cl.O=c1[nH]ccn1O. The van der Waals surface area contributed by atoms with E-state index in [9.17, 15) is 4.79 Å². The molecule has 0 saturated heterocycles. The maximum atomic E-state index is 10.1. The lowest BCUT2D eigenvalue weighted by Crippen LogP contribution is -2.12. The third-order valence-corrected chi connectivity index (χ3v) is 0.631. The summed E-state index contributed by atoms with van der Waals surface area (Å²) >= 11 is 0. The Morgan fingerprint density at radius 1 is 1.75 bits per heavy atom. The average Bonchev–Trinajstić information content (AvgIpc) is 1.91. The molecule has 1 rings (SSSR count). The summed E-state index contributed by atoms with van der Waals surface area (Å²) in [7, 11) is 0. The standard InChI is InChI=1S/C3H4N2O2.ClH/c6-3-4-1-2-5(3)7;/h1-2,7H,(H,4,6);1H. The maximum Gasteiger partial charge on any atom is 0.358 e. The van der Waals surface area contributed by atoms with Gasteiger partial charge in [-0.15, -0.1) is 17.1 Å². The van der Waals surface area contributed by atoms with Gasteiger partial charge >= 0.3 is 5.69 Å². The molecule has 4 nitrogen and oxygen atoms in total. The topological polar surface area (TPSA) is 58.0 Å². The van der Waals surface area contributed by atoms with Crippen LogP contribution in [0.25, 0.3) is 0 Å². The summed E-state index contributed by atoms with van der Waals surface area (Å²) in [6.07, 6.45) is 2.57. The third-order valence-electron chi connectivity index (χ3n) is 0.631. The molecule has 0 amide bonds. The summed E-state index contributed by atoms with van der Waals surface area (Å²) < 4.78 is 0.472. The van der Waals surface area contributed by atoms with Gasteiger partial charge in [0.25, 0.3) is 0 Å². The Balaban J connectivity index is 0.000000490. The Morgan fingerprint density at radius 2 is 2.38 bits per heavy atom. The quantitative estimate of drug-likeness (QED) is 0.487. The molecule has 0 spiro atoms. The molecule has 0 unspecified atom stereocenters. The molecule has 0 aliphatic rings. The van der Waals surface area contributed by atoms with Crippen molar-refractivity contribution in [1.82, 2.24) is 9.71 Å². The van der Waals surface area contributed by atoms with Gasteiger partial charge in [-0.05, 0) is 0 Å². The van der Waals surface area contributed by atoms with Crippen LogP contribution >= 0.6 is 12.4 Å². The largest absolute Gasteiger partial charge is 0.424 e. The minimum atomic E-state index is -0.514. The van der Waals surface area contributed by atoms with Crippen molar-refractivity contribution in [2.45, 2.75) is 0 Å². The smallest absolute Gasteiger partial charge is 0.358 e. The van der Waals surface area contributed by atoms with Crippen molar-refractivity contribution in [3.63, 3.8) is 0 Å². The van der Waals surface area contributed by atoms with Gasteiger partial charge in [-0.1, -0.05) is 0 Å². The van der Waals surface area contributed by atoms with Crippen LogP contribution in [0, 0.1) is 0 Å². The lowest BCUT2D eigenvalue weighted by atomic mass is 11.0. The lowest BCUT2D eigenvalue weighted by Gasteiger charge is -1.76. The van der Waals surface area contributed by atoms with Gasteiger partial charge in [-0.25, -0.2) is 4.79 Å². The summed E-state index contributed by atoms with van der Waals surface area (Å²) in [5.41, 5.74) is -0.514. The highest BCUT2D eigenvalue weighted by molar-refractivity contribution is 5.85. The van der Waals surface area contributed by atoms with Crippen LogP contribution in [-0.2, 0) is 0 Å². The molecule has 0 saturated carbocycles. The molecule has 0 aliphatic heterocycles. The fourth-order valence-corrected chi connectivity index (χ4v) is 0.313. The van der Waals surface area contributed by atoms with Crippen molar-refractivity contribution in [2.75, 3.05) is 0 Å². The van der Waals surface area contributed by atoms with E-state index in [-0.39, 0.29) is 12.4 Å². The van der Waals surface area contributed by atoms with Crippen LogP contribution in [-0.4, -0.2) is 14.9 Å². The summed E-state index contributed by atoms with van der Waals surface area (Å²) in [6, 6.07) is 0. The minimum Gasteiger partial charge on any atom is -0.424 e. The summed E-state index contributed by atoms with van der Waals surface area (Å²) in [4.78, 5) is 12.3. The summed E-state index contributed by atoms with van der Waals surface area (Å²) in [5, 5.41) is 8.33. The van der Waals surface area contributed by atoms with Crippen LogP contribution < -0.4 is 5.69 Å². The number of H-pyrrole nitrogens is 1. The van der Waals surface area contributed by atoms with Crippen LogP contribution in [0.4, 0.5) is 0 Å². The molecule has 0 fully saturated rings. The van der Waals surface area contributed by atoms with E-state index >= 15 is 0 Å². The molecule has 1 aromatic heterocycles. The Kier molecular flexibility index (Phi) is 2.15. The molecule has 0 radical (unpaired) electrons. The highest BCUT2D eigenvalue weighted by Crippen LogP contribution is 1.63. The second-order valence-electron chi connectivity index (χ2n) is 1.11. The van der Waals surface area contributed by atoms with Gasteiger partial charge in [-0.2, -0.15) is 0 Å². The van der Waals surface area contributed by atoms with Crippen molar-refractivity contribution in [3.05, 3.63) is 22.9 Å². The minimum absolute atomic E-state index is 0. The van der Waals surface area contributed by atoms with Crippen molar-refractivity contribution in [3.8, 4) is 0 Å². The molecular formula is C3H5ClN2O2. The Morgan fingerprint density at radius 3 is 2.50 bits per heavy atom. The van der Waals surface area contributed by atoms with Gasteiger partial charge in [0.05, 0.1) is 6.20 Å². The van der Waals surface area contributed by atoms with Gasteiger partial charge in [0.15, 0.2) is 0 Å². The summed E-state index contributed by atoms with van der Waals surface area (Å²) in [5.74, 6) is 0. The first-order valence-electron chi connectivity index (χ1n) is 1.76. The number of imidazole rings is 1. The number of aromatic amines is 1. The fourth-order valence-electron chi connectivity index (χ4n) is 0.313. The number of aromatic nitrogens is 2. The number of hydrogen-bond donors (Lipinski definition) is 2. The zero-order valence-electron chi connectivity index (χ0n) is 3.87. The molecule has 1 aromatic rings. The number of nitrogens with one attached hydrogen (secondary N) is 1. The van der Waals surface area contributed by atoms with Crippen LogP contribution in [0.1, 0.15) is 0 Å². The monoisotopic (exact) mass is 136 g/mol. The molecule has 0 bridgehead atoms. The van der Waals surface area contributed by atoms with Crippen LogP contribution in [0.15, 0.2) is 17.2 Å². The first-order chi connectivity index (χ1) is 3.30. The average molecular weight is 137 g/mol. The van der Waals surface area contributed by atoms with E-state index in [1.165, 1.54) is 12.4 Å². The molecule has 1 heterocycles. The highest BCUT2D eigenvalue weighted by atomic mass is 35.5. The van der Waals surface area contributed by atoms with Crippen molar-refractivity contribution < 1.29 is 5.21 Å². The zero-order chi connectivity index (χ0) is 5.28. The van der Waals surface area contributed by atoms with Crippen LogP contribution in [0.5, 0.6) is 0 Å². The maximum absolute atomic E-state index is 10.1. The van der Waals surface area contributed by atoms with Gasteiger partial charge < -0.3 is 10.2 Å². The van der Waals surface area contributed by atoms with E-state index in [1.54, 1.807) is 0 Å². The third kappa shape index (κ3) is 1.04. The predicted molar refractivity (Wildman–Crippen MR) is 29.5 cm³/mol. The number of rotatable bonds is 0. The van der Waals surface area contributed by atoms with E-state index in [1.807, 2.05) is 0 Å². The predicted octanol–water partition coefficient (Wildman–Crippen LogP) is -0.165. The first kappa shape index (κ1) is 7.10. The molecule has 5 heteroatoms. The van der Waals surface area contributed by atoms with E-state index in [2.05, 4.69) is 4.98 Å². The molecule has 0 atom stereocenters. The van der Waals surface area contributed by atoms with E-state index in [4.69, 9.17) is 5.21 Å². The molecule has 0 aliphatic carbocycles. The number of halogens is 1. The molecular weight excluding hydrogens is 131 g/mol. The summed E-state index contributed by atoms with van der Waals surface area (Å²) in [6.45, 7) is 0. The molecule has 8 heavy (non-hydrogen) atoms. The normalized spacial score (nSPS) is 8.00. The van der Waals surface area contributed by atoms with Crippen LogP contribution in [0.2, 0.25) is 0 Å². The van der Waals surface area contributed by atoms with Gasteiger partial charge in [0.1, 0.15) is 0 Å². The van der Waals surface area contributed by atoms with Crippen molar-refractivity contribution in [1.29, 1.82) is 0 Å². The van der Waals surface area contributed by atoms with Crippen molar-refractivity contribution >= 4 is 12.4 Å². The second-order valence-corrected chi connectivity index (χ2v) is 1.11. The molecule has 2 N–H and O–H groups in total. The fraction of sp³-hybridized carbons (Fsp3) is 0. The zero-order valence-corrected chi connectivity index (χ0v) is 4.68. The van der Waals surface area contributed by atoms with E-state index in [0.29, 0.717) is 4.73 Å². The Hall–Kier alpha value is -0.900. The Labute approximate surface area is 51.1 Å². The van der Waals surface area contributed by atoms with Gasteiger partial charge in [0, 0.05) is 6.20 Å². The molecule has 46 valence electrons. The van der Waals surface area contributed by atoms with Crippen LogP contribution in [0.3, 0.4) is 0 Å². The molecule has 0 aromatic carbocycles. The van der Waals surface area contributed by atoms with Gasteiger partial charge in [-0.3, -0.25) is 0 Å². The second kappa shape index (κ2) is 2.42. The van der Waals surface area contributed by atoms with Crippen molar-refractivity contribution in [2.24, 2.45) is 0 Å².